The average Bonchev–Trinajstić information content (AvgIpc) is 0.858. The summed E-state index contributed by atoms with van der Waals surface area (Å²) >= 11 is 22.0. The van der Waals surface area contributed by atoms with Gasteiger partial charge in [-0.1, -0.05) is 36.5 Å². The van der Waals surface area contributed by atoms with Crippen molar-refractivity contribution in [1.29, 1.82) is 0 Å². The Morgan fingerprint density at radius 2 is 0.407 bits per heavy atom. The zero-order valence-corrected chi connectivity index (χ0v) is 75.5. The topological polar surface area (TPSA) is 404 Å². The Morgan fingerprint density at radius 1 is 0.254 bits per heavy atom. The zero-order chi connectivity index (χ0) is 88.1. The number of ether oxygens (including phenoxy) is 18. The molecule has 0 heterocycles. The van der Waals surface area contributed by atoms with Crippen LogP contribution in [0, 0.1) is 10.8 Å². The minimum atomic E-state index is -1.44. The van der Waals surface area contributed by atoms with Crippen LogP contribution in [0.2, 0.25) is 0 Å². The number of hydrogen-bond acceptors (Lipinski definition) is 39. The highest BCUT2D eigenvalue weighted by atomic mass is 32.2. The van der Waals surface area contributed by atoms with Gasteiger partial charge in [0.25, 0.3) is 0 Å². The molecule has 0 saturated heterocycles. The first-order chi connectivity index (χ1) is 57.0. The van der Waals surface area contributed by atoms with Crippen LogP contribution in [-0.2, 0) is 124 Å². The number of thiol groups is 4. The van der Waals surface area contributed by atoms with Crippen LogP contribution < -0.4 is 0 Å². The van der Waals surface area contributed by atoms with Gasteiger partial charge in [0, 0.05) is 72.5 Å². The summed E-state index contributed by atoms with van der Waals surface area (Å²) in [6.45, 7) is 24.3. The molecule has 0 rings (SSSR count). The summed E-state index contributed by atoms with van der Waals surface area (Å²) in [7, 11) is 0. The summed E-state index contributed by atoms with van der Waals surface area (Å²) in [5.74, 6) is 1.34. The number of aliphatic hydroxyl groups excluding tert-OH is 5. The number of esters is 8. The van der Waals surface area contributed by atoms with Crippen molar-refractivity contribution < 1.29 is 149 Å². The van der Waals surface area contributed by atoms with Crippen LogP contribution in [0.5, 0.6) is 0 Å². The lowest BCUT2D eigenvalue weighted by Gasteiger charge is -2.31. The zero-order valence-electron chi connectivity index (χ0n) is 68.6. The molecule has 0 aliphatic carbocycles. The standard InChI is InChI=1S/C53H92O20S4.C17H28O8S4.C9H16O3/c1-5-17-62-33-45(54)37-66-21-9-25-74-29-13-49(58)70-41-53(42-71-50(59)14-30-75-26-10-22-67-38-46(55)34-63-18-6-2,43-72-51(60)15-31-76-27-11-23-68-39-47(56)35-64-19-7-3)44-73-52(61)16-32-77-28-12-24-69-40-48(57)36-65-20-8-4;18-13(1-5-26)22-9-17(10-23-14(19)2-6-27,11-24-15(20)3-7-28)12-25-16(21)4-8-29;1-3-5-11-7-9(10)8-12-6-4-2/h5-8,45-48,54-57H,1-4,9-44H2;26-29H,1-12H2;3-4,9-10H,1-2,5-8H2. The summed E-state index contributed by atoms with van der Waals surface area (Å²) in [5.41, 5.74) is -2.69. The van der Waals surface area contributed by atoms with E-state index in [0.29, 0.717) is 138 Å². The number of carbonyl (C=O) groups is 8. The molecule has 686 valence electrons. The molecule has 0 aliphatic rings. The van der Waals surface area contributed by atoms with Crippen LogP contribution in [0.1, 0.15) is 77.0 Å². The molecule has 0 aromatic rings. The summed E-state index contributed by atoms with van der Waals surface area (Å²) in [5, 5.41) is 48.9. The largest absolute Gasteiger partial charge is 0.465 e. The Bertz CT molecular complexity index is 2230. The number of rotatable bonds is 84. The lowest BCUT2D eigenvalue weighted by molar-refractivity contribution is -0.173. The predicted molar refractivity (Wildman–Crippen MR) is 472 cm³/mol. The SMILES string of the molecule is C=CCOCC(O)COCC=C.C=CCOCC(O)COCCCSCCC(=O)OCC(COC(=O)CCSCCCOCC(O)COCC=C)(COC(=O)CCSCCCOCC(O)COCC=C)COC(=O)CCSCCCOCC(O)COCC=C.O=C(CCS)OCC(COC(=O)CCS)(COC(=O)CCS)COC(=O)CCS. The minimum absolute atomic E-state index is 0.0489. The molecule has 0 aromatic carbocycles. The normalized spacial score (nSPS) is 12.6. The lowest BCUT2D eigenvalue weighted by atomic mass is 9.92. The van der Waals surface area contributed by atoms with Gasteiger partial charge in [0.2, 0.25) is 0 Å². The number of aliphatic hydroxyl groups is 5. The highest BCUT2D eigenvalue weighted by Gasteiger charge is 2.39. The Hall–Kier alpha value is -3.60. The molecule has 0 spiro atoms. The smallest absolute Gasteiger partial charge is 0.306 e. The molecule has 4 atom stereocenters. The second-order valence-electron chi connectivity index (χ2n) is 25.6. The van der Waals surface area contributed by atoms with Crippen LogP contribution in [0.3, 0.4) is 0 Å². The molecule has 0 saturated carbocycles. The maximum absolute atomic E-state index is 13.2. The fraction of sp³-hybridized carbons (Fsp3) is 0.747. The summed E-state index contributed by atoms with van der Waals surface area (Å²) in [4.78, 5) is 99.8. The van der Waals surface area contributed by atoms with Gasteiger partial charge in [0.15, 0.2) is 0 Å². The molecule has 5 N–H and O–H groups in total. The van der Waals surface area contributed by atoms with Gasteiger partial charge >= 0.3 is 47.8 Å². The predicted octanol–water partition coefficient (Wildman–Crippen LogP) is 6.70. The molecule has 31 nitrogen and oxygen atoms in total. The maximum atomic E-state index is 13.2. The third kappa shape index (κ3) is 82.0. The van der Waals surface area contributed by atoms with Gasteiger partial charge in [-0.25, -0.2) is 0 Å². The first kappa shape index (κ1) is 119. The molecule has 0 bridgehead atoms. The summed E-state index contributed by atoms with van der Waals surface area (Å²) in [6.07, 6.45) is 9.34. The highest BCUT2D eigenvalue weighted by Crippen LogP contribution is 2.25. The van der Waals surface area contributed by atoms with Gasteiger partial charge in [0.05, 0.1) is 157 Å². The Labute approximate surface area is 737 Å². The average molecular weight is 1840 g/mol. The van der Waals surface area contributed by atoms with E-state index in [-0.39, 0.29) is 193 Å². The monoisotopic (exact) mass is 1840 g/mol. The van der Waals surface area contributed by atoms with Crippen molar-refractivity contribution in [2.75, 3.05) is 254 Å². The quantitative estimate of drug-likeness (QED) is 0.0101. The number of thioether (sulfide) groups is 4. The molecule has 0 fully saturated rings. The van der Waals surface area contributed by atoms with Crippen molar-refractivity contribution in [2.24, 2.45) is 10.8 Å². The van der Waals surface area contributed by atoms with Crippen molar-refractivity contribution >= 4 is 145 Å². The van der Waals surface area contributed by atoms with E-state index in [0.717, 1.165) is 0 Å². The second kappa shape index (κ2) is 88.3. The molecule has 0 radical (unpaired) electrons. The fourth-order valence-corrected chi connectivity index (χ4v) is 12.3. The molecule has 0 aliphatic heterocycles. The number of carbonyl (C=O) groups excluding carboxylic acids is 8. The van der Waals surface area contributed by atoms with Crippen LogP contribution >= 0.6 is 97.6 Å². The van der Waals surface area contributed by atoms with Crippen LogP contribution in [0.4, 0.5) is 0 Å². The van der Waals surface area contributed by atoms with Crippen molar-refractivity contribution in [2.45, 2.75) is 108 Å². The van der Waals surface area contributed by atoms with E-state index in [2.05, 4.69) is 90.0 Å². The van der Waals surface area contributed by atoms with Crippen LogP contribution in [-0.4, -0.2) is 358 Å². The molecule has 0 aromatic heterocycles. The van der Waals surface area contributed by atoms with E-state index in [4.69, 9.17) is 85.3 Å². The Morgan fingerprint density at radius 3 is 0.559 bits per heavy atom. The van der Waals surface area contributed by atoms with Gasteiger partial charge in [-0.3, -0.25) is 38.4 Å². The van der Waals surface area contributed by atoms with E-state index in [1.54, 1.807) is 36.5 Å². The van der Waals surface area contributed by atoms with E-state index in [1.807, 2.05) is 0 Å². The third-order valence-corrected chi connectivity index (χ3v) is 19.4. The molecular formula is C79H136O31S8. The minimum Gasteiger partial charge on any atom is -0.465 e. The van der Waals surface area contributed by atoms with E-state index in [9.17, 15) is 63.9 Å². The van der Waals surface area contributed by atoms with E-state index < -0.39 is 89.1 Å². The maximum Gasteiger partial charge on any atom is 0.306 e. The van der Waals surface area contributed by atoms with Gasteiger partial charge in [-0.05, 0) is 48.7 Å². The third-order valence-electron chi connectivity index (χ3n) is 14.2. The molecular weight excluding hydrogens is 1700 g/mol. The van der Waals surface area contributed by atoms with Crippen molar-refractivity contribution in [3.63, 3.8) is 0 Å². The molecule has 0 amide bonds. The van der Waals surface area contributed by atoms with Crippen molar-refractivity contribution in [3.8, 4) is 0 Å². The molecule has 4 unspecified atom stereocenters. The van der Waals surface area contributed by atoms with Crippen molar-refractivity contribution in [3.05, 3.63) is 75.9 Å². The Kier molecular flexibility index (Phi) is 88.7. The Balaban J connectivity index is -0.00000261. The van der Waals surface area contributed by atoms with Crippen molar-refractivity contribution in [1.82, 2.24) is 0 Å². The second-order valence-corrected chi connectivity index (χ2v) is 32.3. The molecule has 39 heteroatoms. The van der Waals surface area contributed by atoms with Crippen LogP contribution in [0.25, 0.3) is 0 Å². The van der Waals surface area contributed by atoms with E-state index >= 15 is 0 Å². The van der Waals surface area contributed by atoms with Gasteiger partial charge in [-0.15, -0.1) is 39.5 Å². The summed E-state index contributed by atoms with van der Waals surface area (Å²) in [6, 6.07) is 0. The van der Waals surface area contributed by atoms with Crippen LogP contribution in [0.15, 0.2) is 75.9 Å². The van der Waals surface area contributed by atoms with Gasteiger partial charge in [-0.2, -0.15) is 97.6 Å². The van der Waals surface area contributed by atoms with Gasteiger partial charge in [0.1, 0.15) is 94.2 Å². The first-order valence-electron chi connectivity index (χ1n) is 38.9. The first-order valence-corrected chi connectivity index (χ1v) is 46.0. The summed E-state index contributed by atoms with van der Waals surface area (Å²) < 4.78 is 96.8. The molecule has 118 heavy (non-hydrogen) atoms. The highest BCUT2D eigenvalue weighted by molar-refractivity contribution is 7.99. The van der Waals surface area contributed by atoms with E-state index in [1.165, 1.54) is 47.0 Å². The number of hydrogen-bond donors (Lipinski definition) is 9. The van der Waals surface area contributed by atoms with Gasteiger partial charge < -0.3 is 111 Å². The fourth-order valence-electron chi connectivity index (χ4n) is 8.24. The lowest BCUT2D eigenvalue weighted by Crippen LogP contribution is -2.44.